The second-order valence-electron chi connectivity index (χ2n) is 8.73. The molecule has 0 aromatic heterocycles. The lowest BCUT2D eigenvalue weighted by atomic mass is 10.0. The molecule has 1 heterocycles. The number of aliphatic carboxylic acids is 1. The number of carboxylic acid groups (broad SMARTS) is 1. The molecule has 1 fully saturated rings. The summed E-state index contributed by atoms with van der Waals surface area (Å²) in [7, 11) is 0. The van der Waals surface area contributed by atoms with Crippen LogP contribution in [-0.4, -0.2) is 52.4 Å². The van der Waals surface area contributed by atoms with Crippen LogP contribution in [0.3, 0.4) is 0 Å². The molecule has 0 bridgehead atoms. The Morgan fingerprint density at radius 1 is 0.974 bits per heavy atom. The molecule has 0 saturated carbocycles. The Hall–Kier alpha value is -4.20. The number of amides is 1. The van der Waals surface area contributed by atoms with Gasteiger partial charge in [0.1, 0.15) is 0 Å². The molecule has 0 aliphatic carbocycles. The highest BCUT2D eigenvalue weighted by atomic mass is 19.4. The molecule has 0 atom stereocenters. The number of nitrogens with zero attached hydrogens (tertiary/aromatic N) is 2. The molecule has 0 spiro atoms. The number of aliphatic hydroxyl groups excluding tert-OH is 1. The lowest BCUT2D eigenvalue weighted by molar-refractivity contribution is -0.192. The topological polar surface area (TPSA) is 114 Å². The fourth-order valence-corrected chi connectivity index (χ4v) is 3.85. The maximum Gasteiger partial charge on any atom is 0.490 e. The molecule has 0 radical (unpaired) electrons. The number of hydrogen-bond acceptors (Lipinski definition) is 5. The van der Waals surface area contributed by atoms with Crippen molar-refractivity contribution < 1.29 is 33.0 Å². The summed E-state index contributed by atoms with van der Waals surface area (Å²) < 4.78 is 31.7. The second-order valence-corrected chi connectivity index (χ2v) is 8.73. The van der Waals surface area contributed by atoms with Crippen LogP contribution in [0.2, 0.25) is 0 Å². The van der Waals surface area contributed by atoms with Crippen LogP contribution in [0.15, 0.2) is 72.8 Å². The van der Waals surface area contributed by atoms with E-state index < -0.39 is 12.1 Å². The molecule has 10 heteroatoms. The number of carbonyl (C=O) groups is 2. The fourth-order valence-electron chi connectivity index (χ4n) is 3.85. The van der Waals surface area contributed by atoms with Gasteiger partial charge in [0.15, 0.2) is 0 Å². The van der Waals surface area contributed by atoms with Crippen molar-refractivity contribution in [3.05, 3.63) is 89.5 Å². The summed E-state index contributed by atoms with van der Waals surface area (Å²) in [4.78, 5) is 23.8. The monoisotopic (exact) mass is 525 g/mol. The van der Waals surface area contributed by atoms with Gasteiger partial charge < -0.3 is 15.5 Å². The van der Waals surface area contributed by atoms with Gasteiger partial charge in [-0.3, -0.25) is 9.69 Å². The van der Waals surface area contributed by atoms with Crippen molar-refractivity contribution in [1.82, 2.24) is 4.90 Å². The largest absolute Gasteiger partial charge is 0.490 e. The zero-order valence-corrected chi connectivity index (χ0v) is 20.3. The van der Waals surface area contributed by atoms with Gasteiger partial charge in [-0.2, -0.15) is 18.4 Å². The zero-order valence-electron chi connectivity index (χ0n) is 20.3. The summed E-state index contributed by atoms with van der Waals surface area (Å²) in [6.07, 6.45) is -3.55. The lowest BCUT2D eigenvalue weighted by Gasteiger charge is -2.29. The summed E-state index contributed by atoms with van der Waals surface area (Å²) in [5.74, 6) is -3.00. The summed E-state index contributed by atoms with van der Waals surface area (Å²) in [6, 6.07) is 24.9. The number of hydrogen-bond donors (Lipinski definition) is 3. The highest BCUT2D eigenvalue weighted by Crippen LogP contribution is 2.24. The molecule has 7 nitrogen and oxygen atoms in total. The summed E-state index contributed by atoms with van der Waals surface area (Å²) in [5, 5.41) is 28.7. The van der Waals surface area contributed by atoms with Crippen molar-refractivity contribution >= 4 is 17.6 Å². The van der Waals surface area contributed by atoms with E-state index in [1.54, 1.807) is 24.3 Å². The van der Waals surface area contributed by atoms with Gasteiger partial charge in [-0.05, 0) is 59.9 Å². The summed E-state index contributed by atoms with van der Waals surface area (Å²) in [6.45, 7) is 2.76. The third-order valence-corrected chi connectivity index (χ3v) is 5.87. The number of alkyl halides is 3. The molecule has 3 aromatic rings. The Bertz CT molecular complexity index is 1300. The van der Waals surface area contributed by atoms with Crippen LogP contribution in [0, 0.1) is 11.3 Å². The Balaban J connectivity index is 0.000000505. The number of likely N-dealkylation sites (tertiary alicyclic amines) is 1. The van der Waals surface area contributed by atoms with Crippen LogP contribution in [0.25, 0.3) is 11.1 Å². The minimum atomic E-state index is -5.08. The average Bonchev–Trinajstić information content (AvgIpc) is 2.90. The van der Waals surface area contributed by atoms with E-state index >= 15 is 0 Å². The van der Waals surface area contributed by atoms with Gasteiger partial charge in [0, 0.05) is 30.9 Å². The van der Waals surface area contributed by atoms with E-state index in [0.717, 1.165) is 43.6 Å². The first kappa shape index (κ1) is 28.4. The molecule has 198 valence electrons. The number of nitriles is 1. The standard InChI is InChI=1S/C26H25N3O2.C2HF3O2/c27-17-20-3-1-5-23(15-20)26(31)28-24-6-2-4-22(16-24)21-9-7-19(8-10-21)18-29-13-11-25(30)12-14-29;3-2(4,5)1(6)7/h1-10,15-16,25,30H,11-14,18H2,(H,28,31);(H,6,7). The number of anilines is 1. The summed E-state index contributed by atoms with van der Waals surface area (Å²) >= 11 is 0. The van der Waals surface area contributed by atoms with E-state index in [9.17, 15) is 23.1 Å². The molecular formula is C28H26F3N3O4. The highest BCUT2D eigenvalue weighted by Gasteiger charge is 2.38. The van der Waals surface area contributed by atoms with Crippen LogP contribution in [0.5, 0.6) is 0 Å². The third kappa shape index (κ3) is 8.44. The number of piperidine rings is 1. The van der Waals surface area contributed by atoms with Crippen LogP contribution in [0.4, 0.5) is 18.9 Å². The van der Waals surface area contributed by atoms with E-state index in [1.165, 1.54) is 5.56 Å². The average molecular weight is 526 g/mol. The van der Waals surface area contributed by atoms with E-state index in [2.05, 4.69) is 40.6 Å². The van der Waals surface area contributed by atoms with Crippen molar-refractivity contribution in [1.29, 1.82) is 5.26 Å². The Morgan fingerprint density at radius 3 is 2.21 bits per heavy atom. The third-order valence-electron chi connectivity index (χ3n) is 5.87. The zero-order chi connectivity index (χ0) is 27.7. The molecule has 1 aliphatic rings. The molecule has 0 unspecified atom stereocenters. The van der Waals surface area contributed by atoms with E-state index in [0.29, 0.717) is 16.8 Å². The molecule has 3 aromatic carbocycles. The predicted octanol–water partition coefficient (Wildman–Crippen LogP) is 5.07. The summed E-state index contributed by atoms with van der Waals surface area (Å²) in [5.41, 5.74) is 4.99. The van der Waals surface area contributed by atoms with Crippen LogP contribution in [-0.2, 0) is 11.3 Å². The SMILES string of the molecule is N#Cc1cccc(C(=O)Nc2cccc(-c3ccc(CN4CCC(O)CC4)cc3)c2)c1.O=C(O)C(F)(F)F. The molecule has 1 aliphatic heterocycles. The molecule has 1 saturated heterocycles. The Morgan fingerprint density at radius 2 is 1.61 bits per heavy atom. The smallest absolute Gasteiger partial charge is 0.475 e. The van der Waals surface area contributed by atoms with E-state index in [-0.39, 0.29) is 12.0 Å². The number of carboxylic acids is 1. The Labute approximate surface area is 217 Å². The van der Waals surface area contributed by atoms with Crippen molar-refractivity contribution in [2.75, 3.05) is 18.4 Å². The number of halogens is 3. The van der Waals surface area contributed by atoms with Crippen molar-refractivity contribution in [3.8, 4) is 17.2 Å². The van der Waals surface area contributed by atoms with Gasteiger partial charge in [0.2, 0.25) is 0 Å². The molecular weight excluding hydrogens is 499 g/mol. The van der Waals surface area contributed by atoms with Crippen molar-refractivity contribution in [3.63, 3.8) is 0 Å². The predicted molar refractivity (Wildman–Crippen MR) is 135 cm³/mol. The number of nitrogens with one attached hydrogen (secondary N) is 1. The van der Waals surface area contributed by atoms with E-state index in [1.807, 2.05) is 24.3 Å². The van der Waals surface area contributed by atoms with Crippen LogP contribution < -0.4 is 5.32 Å². The molecule has 4 rings (SSSR count). The first-order valence-corrected chi connectivity index (χ1v) is 11.8. The van der Waals surface area contributed by atoms with Gasteiger partial charge in [0.25, 0.3) is 5.91 Å². The van der Waals surface area contributed by atoms with Gasteiger partial charge in [0.05, 0.1) is 17.7 Å². The minimum Gasteiger partial charge on any atom is -0.475 e. The van der Waals surface area contributed by atoms with E-state index in [4.69, 9.17) is 15.2 Å². The lowest BCUT2D eigenvalue weighted by Crippen LogP contribution is -2.35. The first-order chi connectivity index (χ1) is 18.0. The normalized spacial score (nSPS) is 14.1. The highest BCUT2D eigenvalue weighted by molar-refractivity contribution is 6.04. The molecule has 1 amide bonds. The maximum absolute atomic E-state index is 12.5. The minimum absolute atomic E-state index is 0.151. The number of rotatable bonds is 5. The van der Waals surface area contributed by atoms with Gasteiger partial charge in [-0.25, -0.2) is 4.79 Å². The first-order valence-electron chi connectivity index (χ1n) is 11.8. The maximum atomic E-state index is 12.5. The quantitative estimate of drug-likeness (QED) is 0.429. The number of benzene rings is 3. The van der Waals surface area contributed by atoms with Gasteiger partial charge in [-0.1, -0.05) is 42.5 Å². The Kier molecular flexibility index (Phi) is 9.60. The van der Waals surface area contributed by atoms with Crippen LogP contribution in [0.1, 0.15) is 34.3 Å². The fraction of sp³-hybridized carbons (Fsp3) is 0.250. The van der Waals surface area contributed by atoms with Crippen LogP contribution >= 0.6 is 0 Å². The molecule has 3 N–H and O–H groups in total. The molecule has 38 heavy (non-hydrogen) atoms. The van der Waals surface area contributed by atoms with Crippen molar-refractivity contribution in [2.45, 2.75) is 31.7 Å². The second kappa shape index (κ2) is 12.9. The van der Waals surface area contributed by atoms with Crippen molar-refractivity contribution in [2.24, 2.45) is 0 Å². The number of aliphatic hydroxyl groups is 1. The number of carbonyl (C=O) groups excluding carboxylic acids is 1. The van der Waals surface area contributed by atoms with Gasteiger partial charge >= 0.3 is 12.1 Å². The van der Waals surface area contributed by atoms with Gasteiger partial charge in [-0.15, -0.1) is 0 Å².